The first-order valence-electron chi connectivity index (χ1n) is 21.3. The first-order valence-corrected chi connectivity index (χ1v) is 21.3. The maximum atomic E-state index is 5.03. The van der Waals surface area contributed by atoms with E-state index >= 15 is 0 Å². The number of hydrogen-bond donors (Lipinski definition) is 0. The molecule has 0 atom stereocenters. The number of para-hydroxylation sites is 1. The molecule has 0 N–H and O–H groups in total. The summed E-state index contributed by atoms with van der Waals surface area (Å²) in [6, 6.07) is 55.7. The molecule has 8 aromatic rings. The molecule has 0 saturated carbocycles. The van der Waals surface area contributed by atoms with Gasteiger partial charge in [-0.05, 0) is 92.4 Å². The number of pyridine rings is 1. The number of anilines is 3. The van der Waals surface area contributed by atoms with Crippen LogP contribution in [0.15, 0.2) is 134 Å². The van der Waals surface area contributed by atoms with Crippen LogP contribution < -0.4 is 9.80 Å². The molecule has 1 aliphatic heterocycles. The zero-order valence-electron chi connectivity index (χ0n) is 36.9. The fourth-order valence-electron chi connectivity index (χ4n) is 9.61. The molecule has 10 rings (SSSR count). The fourth-order valence-corrected chi connectivity index (χ4v) is 9.61. The van der Waals surface area contributed by atoms with Crippen molar-refractivity contribution in [2.45, 2.75) is 84.0 Å². The minimum atomic E-state index is -0.735. The van der Waals surface area contributed by atoms with Crippen molar-refractivity contribution in [1.29, 1.82) is 0 Å². The molecule has 0 spiro atoms. The molecule has 0 unspecified atom stereocenters. The molecule has 6 aromatic carbocycles. The number of hydrogen-bond acceptors (Lipinski definition) is 3. The largest absolute Gasteiger partial charge is 0.504 e. The zero-order valence-corrected chi connectivity index (χ0v) is 39.2. The van der Waals surface area contributed by atoms with Crippen LogP contribution in [0.4, 0.5) is 17.1 Å². The molecule has 1 aliphatic carbocycles. The van der Waals surface area contributed by atoms with E-state index in [1.165, 1.54) is 55.7 Å². The molecule has 0 bridgehead atoms. The molecule has 3 heterocycles. The second-order valence-electron chi connectivity index (χ2n) is 19.9. The Kier molecular flexibility index (Phi) is 9.61. The number of rotatable bonds is 4. The third-order valence-corrected chi connectivity index (χ3v) is 12.9. The summed E-state index contributed by atoms with van der Waals surface area (Å²) in [6.45, 7) is 22.8. The summed E-state index contributed by atoms with van der Waals surface area (Å²) in [5, 5.41) is 2.34. The van der Waals surface area contributed by atoms with Crippen LogP contribution in [0.25, 0.3) is 38.8 Å². The van der Waals surface area contributed by atoms with Crippen molar-refractivity contribution in [3.05, 3.63) is 191 Å². The molecule has 2 aromatic heterocycles. The van der Waals surface area contributed by atoms with Crippen LogP contribution in [0.1, 0.15) is 101 Å². The molecule has 4 nitrogen and oxygen atoms in total. The van der Waals surface area contributed by atoms with Gasteiger partial charge in [-0.2, -0.15) is 42.6 Å². The van der Waals surface area contributed by atoms with E-state index in [4.69, 9.17) is 4.98 Å². The van der Waals surface area contributed by atoms with E-state index in [-0.39, 0.29) is 37.3 Å². The Morgan fingerprint density at radius 2 is 1.18 bits per heavy atom. The Hall–Kier alpha value is -5.44. The molecular formula is C56H53N4Pt-3. The van der Waals surface area contributed by atoms with Crippen LogP contribution in [0.5, 0.6) is 0 Å². The maximum Gasteiger partial charge on any atom is 0.135 e. The van der Waals surface area contributed by atoms with Crippen molar-refractivity contribution >= 4 is 38.9 Å². The van der Waals surface area contributed by atoms with E-state index in [2.05, 4.69) is 230 Å². The minimum Gasteiger partial charge on any atom is -0.504 e. The van der Waals surface area contributed by atoms with Gasteiger partial charge in [0.1, 0.15) is 5.82 Å². The predicted octanol–water partition coefficient (Wildman–Crippen LogP) is 13.7. The number of benzene rings is 6. The van der Waals surface area contributed by atoms with Gasteiger partial charge in [0.05, 0.1) is 0 Å². The van der Waals surface area contributed by atoms with Crippen LogP contribution in [0, 0.1) is 18.8 Å². The molecule has 5 heteroatoms. The average molecular weight is 977 g/mol. The topological polar surface area (TPSA) is 24.3 Å². The van der Waals surface area contributed by atoms with Gasteiger partial charge in [-0.25, -0.2) is 4.98 Å². The Balaban J connectivity index is 0.00000476. The van der Waals surface area contributed by atoms with Crippen molar-refractivity contribution in [2.75, 3.05) is 16.8 Å². The fraction of sp³-hybridized carbons (Fsp3) is 0.250. The first kappa shape index (κ1) is 40.9. The first-order chi connectivity index (χ1) is 28.5. The number of nitrogens with zero attached hydrogens (tertiary/aromatic N) is 4. The number of aromatic nitrogens is 2. The molecule has 2 aliphatic rings. The Bertz CT molecular complexity index is 2960. The van der Waals surface area contributed by atoms with E-state index in [0.29, 0.717) is 0 Å². The monoisotopic (exact) mass is 976 g/mol. The molecule has 0 fully saturated rings. The van der Waals surface area contributed by atoms with Crippen molar-refractivity contribution in [2.24, 2.45) is 0 Å². The van der Waals surface area contributed by atoms with E-state index in [1.54, 1.807) is 0 Å². The Morgan fingerprint density at radius 1 is 0.557 bits per heavy atom. The van der Waals surface area contributed by atoms with E-state index < -0.39 is 5.41 Å². The zero-order chi connectivity index (χ0) is 41.9. The van der Waals surface area contributed by atoms with Gasteiger partial charge < -0.3 is 14.4 Å². The molecule has 0 saturated heterocycles. The van der Waals surface area contributed by atoms with Crippen molar-refractivity contribution < 1.29 is 21.1 Å². The standard InChI is InChI=1S/C56H53N4.Pt/c1-53(2,3)36-24-26-49-51(32-36)59(35-58(49)10)41-30-39(55(7,8)9)29-40(31-41)56(46-20-14-11-17-42(46)43-18-12-15-21-47(43)56)38-23-25-45-44-19-13-16-22-48(44)60(50(45)33-38)52-34-37(27-28-57-52)54(4,5)6;/h11-30,32,34-35H,1-10H3;/q-3;. The van der Waals surface area contributed by atoms with Crippen molar-refractivity contribution in [3.63, 3.8) is 0 Å². The van der Waals surface area contributed by atoms with Crippen molar-refractivity contribution in [1.82, 2.24) is 9.55 Å². The van der Waals surface area contributed by atoms with Crippen LogP contribution in [-0.2, 0) is 42.7 Å². The SMILES string of the molecule is CN1[CH-]N(c2[c-]c(C3(c4[c-]c5c(cc4)c4ccccc4n5-c4cc(C(C)(C)C)ccn4)c4ccccc4-c4ccccc43)cc(C(C)(C)C)c2)c2cc(C(C)(C)C)ccc21.[Pt]. The van der Waals surface area contributed by atoms with Crippen LogP contribution >= 0.6 is 0 Å². The van der Waals surface area contributed by atoms with Gasteiger partial charge in [0.15, 0.2) is 0 Å². The summed E-state index contributed by atoms with van der Waals surface area (Å²) in [5.74, 6) is 0.897. The minimum absolute atomic E-state index is 0. The second kappa shape index (κ2) is 14.3. The quantitative estimate of drug-likeness (QED) is 0.164. The predicted molar refractivity (Wildman–Crippen MR) is 251 cm³/mol. The van der Waals surface area contributed by atoms with E-state index in [9.17, 15) is 0 Å². The summed E-state index contributed by atoms with van der Waals surface area (Å²) in [5.41, 5.74) is 15.5. The Morgan fingerprint density at radius 3 is 1.85 bits per heavy atom. The van der Waals surface area contributed by atoms with Gasteiger partial charge in [-0.15, -0.1) is 28.3 Å². The summed E-state index contributed by atoms with van der Waals surface area (Å²) < 4.78 is 2.32. The average Bonchev–Trinajstić information content (AvgIpc) is 3.85. The summed E-state index contributed by atoms with van der Waals surface area (Å²) in [6.07, 6.45) is 1.95. The van der Waals surface area contributed by atoms with Gasteiger partial charge >= 0.3 is 0 Å². The van der Waals surface area contributed by atoms with Gasteiger partial charge in [-0.3, -0.25) is 0 Å². The molecule has 61 heavy (non-hydrogen) atoms. The van der Waals surface area contributed by atoms with E-state index in [0.717, 1.165) is 39.1 Å². The Labute approximate surface area is 376 Å². The smallest absolute Gasteiger partial charge is 0.135 e. The second-order valence-corrected chi connectivity index (χ2v) is 19.9. The van der Waals surface area contributed by atoms with Crippen molar-refractivity contribution in [3.8, 4) is 16.9 Å². The molecule has 0 radical (unpaired) electrons. The van der Waals surface area contributed by atoms with E-state index in [1.807, 2.05) is 6.20 Å². The van der Waals surface area contributed by atoms with Crippen LogP contribution in [0.2, 0.25) is 0 Å². The van der Waals surface area contributed by atoms with Crippen LogP contribution in [0.3, 0.4) is 0 Å². The van der Waals surface area contributed by atoms with Gasteiger partial charge in [-0.1, -0.05) is 141 Å². The van der Waals surface area contributed by atoms with Gasteiger partial charge in [0.2, 0.25) is 0 Å². The van der Waals surface area contributed by atoms with Gasteiger partial charge in [0, 0.05) is 49.6 Å². The summed E-state index contributed by atoms with van der Waals surface area (Å²) >= 11 is 0. The van der Waals surface area contributed by atoms with Crippen LogP contribution in [-0.4, -0.2) is 16.6 Å². The van der Waals surface area contributed by atoms with Gasteiger partial charge in [0.25, 0.3) is 0 Å². The third-order valence-electron chi connectivity index (χ3n) is 12.9. The third kappa shape index (κ3) is 6.39. The molecule has 0 amide bonds. The number of fused-ring (bicyclic) bond motifs is 7. The maximum absolute atomic E-state index is 5.03. The molecular weight excluding hydrogens is 924 g/mol. The summed E-state index contributed by atoms with van der Waals surface area (Å²) in [4.78, 5) is 9.62. The normalized spacial score (nSPS) is 14.6. The molecule has 310 valence electrons. The summed E-state index contributed by atoms with van der Waals surface area (Å²) in [7, 11) is 2.14.